The fraction of sp³-hybridized carbons (Fsp3) is 0.818. The molecule has 1 rings (SSSR count). The van der Waals surface area contributed by atoms with Gasteiger partial charge in [0, 0.05) is 18.9 Å². The van der Waals surface area contributed by atoms with Crippen LogP contribution >= 0.6 is 0 Å². The van der Waals surface area contributed by atoms with Gasteiger partial charge in [-0.15, -0.1) is 0 Å². The second kappa shape index (κ2) is 5.25. The molecule has 0 aromatic heterocycles. The molecule has 0 spiro atoms. The molecule has 80 valence electrons. The normalized spacial score (nSPS) is 23.4. The van der Waals surface area contributed by atoms with Crippen molar-refractivity contribution in [3.8, 4) is 0 Å². The predicted octanol–water partition coefficient (Wildman–Crippen LogP) is 1.60. The van der Waals surface area contributed by atoms with Gasteiger partial charge in [0.15, 0.2) is 0 Å². The molecule has 0 radical (unpaired) electrons. The zero-order valence-corrected chi connectivity index (χ0v) is 8.91. The van der Waals surface area contributed by atoms with Crippen molar-refractivity contribution in [2.75, 3.05) is 13.2 Å². The van der Waals surface area contributed by atoms with Crippen LogP contribution in [0.1, 0.15) is 33.1 Å². The number of carbonyl (C=O) groups excluding carboxylic acids is 2. The van der Waals surface area contributed by atoms with E-state index < -0.39 is 5.92 Å². The van der Waals surface area contributed by atoms with Gasteiger partial charge in [0.25, 0.3) is 0 Å². The van der Waals surface area contributed by atoms with Gasteiger partial charge in [-0.05, 0) is 19.8 Å². The van der Waals surface area contributed by atoms with E-state index in [4.69, 9.17) is 4.74 Å². The lowest BCUT2D eigenvalue weighted by Crippen LogP contribution is -2.27. The maximum atomic E-state index is 11.8. The molecule has 2 atom stereocenters. The van der Waals surface area contributed by atoms with Crippen LogP contribution in [-0.2, 0) is 14.3 Å². The maximum absolute atomic E-state index is 11.8. The highest BCUT2D eigenvalue weighted by atomic mass is 16.5. The topological polar surface area (TPSA) is 43.4 Å². The van der Waals surface area contributed by atoms with Gasteiger partial charge >= 0.3 is 0 Å². The Kier molecular flexibility index (Phi) is 4.26. The molecule has 0 aromatic carbocycles. The van der Waals surface area contributed by atoms with Crippen molar-refractivity contribution in [3.05, 3.63) is 0 Å². The SMILES string of the molecule is CCCC(=O)C(C)C(=O)C1CCOC1. The third kappa shape index (κ3) is 2.64. The lowest BCUT2D eigenvalue weighted by Gasteiger charge is -2.12. The molecule has 0 aromatic rings. The Bertz CT molecular complexity index is 217. The molecule has 1 aliphatic rings. The monoisotopic (exact) mass is 198 g/mol. The molecule has 3 nitrogen and oxygen atoms in total. The first-order valence-corrected chi connectivity index (χ1v) is 5.31. The predicted molar refractivity (Wildman–Crippen MR) is 53.0 cm³/mol. The average Bonchev–Trinajstić information content (AvgIpc) is 2.68. The minimum absolute atomic E-state index is 0.0363. The molecule has 1 aliphatic heterocycles. The van der Waals surface area contributed by atoms with Crippen LogP contribution in [0.5, 0.6) is 0 Å². The maximum Gasteiger partial charge on any atom is 0.148 e. The largest absolute Gasteiger partial charge is 0.381 e. The molecule has 0 saturated carbocycles. The summed E-state index contributed by atoms with van der Waals surface area (Å²) in [5.41, 5.74) is 0. The van der Waals surface area contributed by atoms with E-state index in [2.05, 4.69) is 0 Å². The summed E-state index contributed by atoms with van der Waals surface area (Å²) in [7, 11) is 0. The molecule has 1 saturated heterocycles. The van der Waals surface area contributed by atoms with E-state index in [0.717, 1.165) is 12.8 Å². The summed E-state index contributed by atoms with van der Waals surface area (Å²) in [6.45, 7) is 4.83. The Morgan fingerprint density at radius 2 is 2.21 bits per heavy atom. The molecule has 14 heavy (non-hydrogen) atoms. The second-order valence-electron chi connectivity index (χ2n) is 3.90. The molecule has 0 aliphatic carbocycles. The highest BCUT2D eigenvalue weighted by Gasteiger charge is 2.30. The second-order valence-corrected chi connectivity index (χ2v) is 3.90. The van der Waals surface area contributed by atoms with Crippen LogP contribution in [0, 0.1) is 11.8 Å². The van der Waals surface area contributed by atoms with Gasteiger partial charge in [-0.3, -0.25) is 9.59 Å². The van der Waals surface area contributed by atoms with Gasteiger partial charge in [-0.1, -0.05) is 6.92 Å². The smallest absolute Gasteiger partial charge is 0.148 e. The Morgan fingerprint density at radius 3 is 2.71 bits per heavy atom. The minimum atomic E-state index is -0.429. The van der Waals surface area contributed by atoms with Gasteiger partial charge in [-0.25, -0.2) is 0 Å². The molecule has 0 bridgehead atoms. The summed E-state index contributed by atoms with van der Waals surface area (Å²) in [5.74, 6) is -0.321. The highest BCUT2D eigenvalue weighted by Crippen LogP contribution is 2.19. The van der Waals surface area contributed by atoms with E-state index in [1.54, 1.807) is 6.92 Å². The third-order valence-electron chi connectivity index (χ3n) is 2.74. The van der Waals surface area contributed by atoms with Crippen LogP contribution in [0.3, 0.4) is 0 Å². The van der Waals surface area contributed by atoms with Gasteiger partial charge < -0.3 is 4.74 Å². The number of ether oxygens (including phenoxy) is 1. The van der Waals surface area contributed by atoms with Crippen LogP contribution in [0.15, 0.2) is 0 Å². The molecule has 3 heteroatoms. The third-order valence-corrected chi connectivity index (χ3v) is 2.74. The molecule has 1 heterocycles. The summed E-state index contributed by atoms with van der Waals surface area (Å²) in [6, 6.07) is 0. The lowest BCUT2D eigenvalue weighted by molar-refractivity contribution is -0.134. The van der Waals surface area contributed by atoms with Crippen molar-refractivity contribution < 1.29 is 14.3 Å². The van der Waals surface area contributed by atoms with E-state index in [1.165, 1.54) is 0 Å². The molecular weight excluding hydrogens is 180 g/mol. The van der Waals surface area contributed by atoms with Crippen molar-refractivity contribution >= 4 is 11.6 Å². The summed E-state index contributed by atoms with van der Waals surface area (Å²) < 4.78 is 5.14. The van der Waals surface area contributed by atoms with Gasteiger partial charge in [0.2, 0.25) is 0 Å². The number of rotatable bonds is 5. The van der Waals surface area contributed by atoms with Crippen LogP contribution < -0.4 is 0 Å². The summed E-state index contributed by atoms with van der Waals surface area (Å²) in [6.07, 6.45) is 2.11. The van der Waals surface area contributed by atoms with Gasteiger partial charge in [0.1, 0.15) is 11.6 Å². The van der Waals surface area contributed by atoms with E-state index in [1.807, 2.05) is 6.92 Å². The zero-order valence-electron chi connectivity index (χ0n) is 8.91. The lowest BCUT2D eigenvalue weighted by atomic mass is 9.89. The Hall–Kier alpha value is -0.700. The quantitative estimate of drug-likeness (QED) is 0.630. The first-order valence-electron chi connectivity index (χ1n) is 5.31. The van der Waals surface area contributed by atoms with E-state index in [9.17, 15) is 9.59 Å². The summed E-state index contributed by atoms with van der Waals surface area (Å²) in [4.78, 5) is 23.2. The molecule has 0 amide bonds. The standard InChI is InChI=1S/C11H18O3/c1-3-4-10(12)8(2)11(13)9-5-6-14-7-9/h8-9H,3-7H2,1-2H3. The number of hydrogen-bond acceptors (Lipinski definition) is 3. The number of Topliss-reactive ketones (excluding diaryl/α,β-unsaturated/α-hetero) is 2. The number of carbonyl (C=O) groups is 2. The van der Waals surface area contributed by atoms with Gasteiger partial charge in [0.05, 0.1) is 12.5 Å². The highest BCUT2D eigenvalue weighted by molar-refractivity contribution is 6.03. The summed E-state index contributed by atoms with van der Waals surface area (Å²) >= 11 is 0. The van der Waals surface area contributed by atoms with Crippen molar-refractivity contribution in [2.24, 2.45) is 11.8 Å². The average molecular weight is 198 g/mol. The Balaban J connectivity index is 2.46. The fourth-order valence-electron chi connectivity index (χ4n) is 1.73. The molecule has 2 unspecified atom stereocenters. The van der Waals surface area contributed by atoms with Crippen molar-refractivity contribution in [1.82, 2.24) is 0 Å². The van der Waals surface area contributed by atoms with E-state index in [0.29, 0.717) is 19.6 Å². The van der Waals surface area contributed by atoms with Crippen LogP contribution in [0.25, 0.3) is 0 Å². The summed E-state index contributed by atoms with van der Waals surface area (Å²) in [5, 5.41) is 0. The first kappa shape index (κ1) is 11.4. The zero-order chi connectivity index (χ0) is 10.6. The van der Waals surface area contributed by atoms with Gasteiger partial charge in [-0.2, -0.15) is 0 Å². The Morgan fingerprint density at radius 1 is 1.50 bits per heavy atom. The van der Waals surface area contributed by atoms with E-state index >= 15 is 0 Å². The van der Waals surface area contributed by atoms with Crippen molar-refractivity contribution in [1.29, 1.82) is 0 Å². The van der Waals surface area contributed by atoms with Crippen molar-refractivity contribution in [2.45, 2.75) is 33.1 Å². The molecular formula is C11H18O3. The van der Waals surface area contributed by atoms with Crippen LogP contribution in [-0.4, -0.2) is 24.8 Å². The van der Waals surface area contributed by atoms with E-state index in [-0.39, 0.29) is 17.5 Å². The van der Waals surface area contributed by atoms with Crippen molar-refractivity contribution in [3.63, 3.8) is 0 Å². The first-order chi connectivity index (χ1) is 6.66. The van der Waals surface area contributed by atoms with Crippen LogP contribution in [0.2, 0.25) is 0 Å². The number of ketones is 2. The van der Waals surface area contributed by atoms with Crippen LogP contribution in [0.4, 0.5) is 0 Å². The Labute approximate surface area is 84.8 Å². The minimum Gasteiger partial charge on any atom is -0.381 e. The number of hydrogen-bond donors (Lipinski definition) is 0. The molecule has 1 fully saturated rings. The fourth-order valence-corrected chi connectivity index (χ4v) is 1.73. The molecule has 0 N–H and O–H groups in total.